The summed E-state index contributed by atoms with van der Waals surface area (Å²) in [6.45, 7) is 0.493. The second kappa shape index (κ2) is 6.78. The van der Waals surface area contributed by atoms with E-state index < -0.39 is 4.92 Å². The Hall–Kier alpha value is -1.79. The van der Waals surface area contributed by atoms with E-state index in [1.807, 2.05) is 12.1 Å². The lowest BCUT2D eigenvalue weighted by Gasteiger charge is -2.11. The third kappa shape index (κ3) is 3.86. The first kappa shape index (κ1) is 15.6. The van der Waals surface area contributed by atoms with E-state index in [-0.39, 0.29) is 5.69 Å². The lowest BCUT2D eigenvalue weighted by atomic mass is 10.2. The van der Waals surface area contributed by atoms with Crippen LogP contribution in [-0.4, -0.2) is 12.0 Å². The molecule has 0 radical (unpaired) electrons. The van der Waals surface area contributed by atoms with E-state index in [9.17, 15) is 10.1 Å². The predicted octanol–water partition coefficient (Wildman–Crippen LogP) is 4.63. The molecule has 21 heavy (non-hydrogen) atoms. The van der Waals surface area contributed by atoms with Gasteiger partial charge in [-0.1, -0.05) is 17.7 Å². The number of benzene rings is 2. The molecule has 2 rings (SSSR count). The van der Waals surface area contributed by atoms with Crippen LogP contribution in [0.2, 0.25) is 5.02 Å². The van der Waals surface area contributed by atoms with Gasteiger partial charge in [0.2, 0.25) is 0 Å². The highest BCUT2D eigenvalue weighted by Gasteiger charge is 2.11. The number of hydrogen-bond donors (Lipinski definition) is 1. The summed E-state index contributed by atoms with van der Waals surface area (Å²) in [5.41, 5.74) is 1.56. The zero-order valence-corrected chi connectivity index (χ0v) is 13.4. The van der Waals surface area contributed by atoms with Crippen molar-refractivity contribution in [2.75, 3.05) is 12.4 Å². The molecule has 0 amide bonds. The summed E-state index contributed by atoms with van der Waals surface area (Å²) in [5.74, 6) is 0.550. The molecule has 7 heteroatoms. The van der Waals surface area contributed by atoms with Crippen molar-refractivity contribution in [2.24, 2.45) is 0 Å². The van der Waals surface area contributed by atoms with Gasteiger partial charge >= 0.3 is 0 Å². The van der Waals surface area contributed by atoms with Crippen LogP contribution in [0.15, 0.2) is 40.9 Å². The number of halogens is 2. The fourth-order valence-electron chi connectivity index (χ4n) is 1.79. The van der Waals surface area contributed by atoms with Gasteiger partial charge in [0.15, 0.2) is 0 Å². The lowest BCUT2D eigenvalue weighted by molar-refractivity contribution is -0.384. The number of nitro benzene ring substituents is 1. The number of hydrogen-bond acceptors (Lipinski definition) is 4. The summed E-state index contributed by atoms with van der Waals surface area (Å²) in [7, 11) is 1.52. The third-order valence-corrected chi connectivity index (χ3v) is 4.07. The highest BCUT2D eigenvalue weighted by molar-refractivity contribution is 9.10. The Balaban J connectivity index is 2.19. The molecule has 0 bridgehead atoms. The maximum atomic E-state index is 10.8. The summed E-state index contributed by atoms with van der Waals surface area (Å²) < 4.78 is 6.00. The van der Waals surface area contributed by atoms with Crippen molar-refractivity contribution < 1.29 is 9.66 Å². The molecule has 0 aromatic heterocycles. The summed E-state index contributed by atoms with van der Waals surface area (Å²) >= 11 is 9.30. The normalized spacial score (nSPS) is 10.2. The molecule has 0 aliphatic carbocycles. The Morgan fingerprint density at radius 2 is 2.10 bits per heavy atom. The number of ether oxygens (including phenoxy) is 1. The van der Waals surface area contributed by atoms with Crippen LogP contribution >= 0.6 is 27.5 Å². The molecule has 0 aliphatic rings. The first-order chi connectivity index (χ1) is 10.0. The molecule has 0 atom stereocenters. The number of methoxy groups -OCH3 is 1. The van der Waals surface area contributed by atoms with Crippen molar-refractivity contribution in [1.82, 2.24) is 0 Å². The maximum absolute atomic E-state index is 10.8. The van der Waals surface area contributed by atoms with E-state index in [2.05, 4.69) is 21.2 Å². The van der Waals surface area contributed by atoms with E-state index >= 15 is 0 Å². The molecule has 1 N–H and O–H groups in total. The smallest absolute Gasteiger partial charge is 0.271 e. The van der Waals surface area contributed by atoms with Crippen molar-refractivity contribution in [3.05, 3.63) is 61.6 Å². The van der Waals surface area contributed by atoms with Crippen LogP contribution in [0.4, 0.5) is 11.4 Å². The largest absolute Gasteiger partial charge is 0.495 e. The minimum absolute atomic E-state index is 0.00980. The zero-order chi connectivity index (χ0) is 15.4. The summed E-state index contributed by atoms with van der Waals surface area (Å²) in [6.07, 6.45) is 0. The Bertz CT molecular complexity index is 679. The van der Waals surface area contributed by atoms with Crippen LogP contribution in [0, 0.1) is 10.1 Å². The fourth-order valence-corrected chi connectivity index (χ4v) is 2.34. The molecule has 2 aromatic carbocycles. The average Bonchev–Trinajstić information content (AvgIpc) is 2.48. The minimum Gasteiger partial charge on any atom is -0.495 e. The predicted molar refractivity (Wildman–Crippen MR) is 86.1 cm³/mol. The van der Waals surface area contributed by atoms with E-state index in [0.717, 1.165) is 10.0 Å². The van der Waals surface area contributed by atoms with Gasteiger partial charge in [-0.05, 0) is 39.7 Å². The lowest BCUT2D eigenvalue weighted by Crippen LogP contribution is -2.02. The summed E-state index contributed by atoms with van der Waals surface area (Å²) in [6, 6.07) is 9.97. The molecule has 110 valence electrons. The fraction of sp³-hybridized carbons (Fsp3) is 0.143. The van der Waals surface area contributed by atoms with E-state index in [1.54, 1.807) is 12.1 Å². The highest BCUT2D eigenvalue weighted by Crippen LogP contribution is 2.30. The van der Waals surface area contributed by atoms with Crippen molar-refractivity contribution in [1.29, 1.82) is 0 Å². The Morgan fingerprint density at radius 1 is 1.33 bits per heavy atom. The zero-order valence-electron chi connectivity index (χ0n) is 11.1. The molecule has 2 aromatic rings. The Labute approximate surface area is 135 Å². The molecule has 0 saturated heterocycles. The molecular formula is C14H12BrClN2O3. The van der Waals surface area contributed by atoms with Crippen molar-refractivity contribution in [2.45, 2.75) is 6.54 Å². The van der Waals surface area contributed by atoms with Gasteiger partial charge in [0.1, 0.15) is 5.75 Å². The molecule has 0 aliphatic heterocycles. The Kier molecular flexibility index (Phi) is 5.03. The van der Waals surface area contributed by atoms with Gasteiger partial charge in [0.05, 0.1) is 22.7 Å². The monoisotopic (exact) mass is 370 g/mol. The van der Waals surface area contributed by atoms with Crippen LogP contribution in [-0.2, 0) is 6.54 Å². The minimum atomic E-state index is -0.441. The van der Waals surface area contributed by atoms with Gasteiger partial charge < -0.3 is 10.1 Å². The highest BCUT2D eigenvalue weighted by atomic mass is 79.9. The van der Waals surface area contributed by atoms with Gasteiger partial charge in [0, 0.05) is 23.2 Å². The molecule has 0 saturated carbocycles. The molecule has 0 unspecified atom stereocenters. The SMILES string of the molecule is COc1ccc([N+](=O)[O-])cc1NCc1ccc(Cl)c(Br)c1. The number of nitro groups is 1. The second-order valence-electron chi connectivity index (χ2n) is 4.24. The summed E-state index contributed by atoms with van der Waals surface area (Å²) in [5, 5.41) is 14.6. The molecular weight excluding hydrogens is 360 g/mol. The van der Waals surface area contributed by atoms with Gasteiger partial charge in [-0.2, -0.15) is 0 Å². The maximum Gasteiger partial charge on any atom is 0.271 e. The van der Waals surface area contributed by atoms with Gasteiger partial charge in [-0.15, -0.1) is 0 Å². The average molecular weight is 372 g/mol. The van der Waals surface area contributed by atoms with E-state index in [4.69, 9.17) is 16.3 Å². The Morgan fingerprint density at radius 3 is 2.71 bits per heavy atom. The number of non-ortho nitro benzene ring substituents is 1. The van der Waals surface area contributed by atoms with Gasteiger partial charge in [-0.25, -0.2) is 0 Å². The van der Waals surface area contributed by atoms with Crippen molar-refractivity contribution >= 4 is 38.9 Å². The van der Waals surface area contributed by atoms with Crippen LogP contribution < -0.4 is 10.1 Å². The first-order valence-electron chi connectivity index (χ1n) is 6.01. The molecule has 0 heterocycles. The third-order valence-electron chi connectivity index (χ3n) is 2.86. The summed E-state index contributed by atoms with van der Waals surface area (Å²) in [4.78, 5) is 10.4. The van der Waals surface area contributed by atoms with Crippen molar-refractivity contribution in [3.8, 4) is 5.75 Å². The topological polar surface area (TPSA) is 64.4 Å². The quantitative estimate of drug-likeness (QED) is 0.614. The van der Waals surface area contributed by atoms with Crippen molar-refractivity contribution in [3.63, 3.8) is 0 Å². The van der Waals surface area contributed by atoms with Crippen LogP contribution in [0.25, 0.3) is 0 Å². The van der Waals surface area contributed by atoms with Gasteiger partial charge in [0.25, 0.3) is 5.69 Å². The van der Waals surface area contributed by atoms with Crippen LogP contribution in [0.3, 0.4) is 0 Å². The number of nitrogens with one attached hydrogen (secondary N) is 1. The standard InChI is InChI=1S/C14H12BrClN2O3/c1-21-14-5-3-10(18(19)20)7-13(14)17-8-9-2-4-12(16)11(15)6-9/h2-7,17H,8H2,1H3. The van der Waals surface area contributed by atoms with E-state index in [1.165, 1.54) is 19.2 Å². The molecule has 5 nitrogen and oxygen atoms in total. The molecule has 0 spiro atoms. The second-order valence-corrected chi connectivity index (χ2v) is 5.51. The first-order valence-corrected chi connectivity index (χ1v) is 7.18. The van der Waals surface area contributed by atoms with Gasteiger partial charge in [-0.3, -0.25) is 10.1 Å². The van der Waals surface area contributed by atoms with Crippen LogP contribution in [0.1, 0.15) is 5.56 Å². The number of nitrogens with zero attached hydrogens (tertiary/aromatic N) is 1. The van der Waals surface area contributed by atoms with E-state index in [0.29, 0.717) is 23.0 Å². The number of rotatable bonds is 5. The van der Waals surface area contributed by atoms with Crippen LogP contribution in [0.5, 0.6) is 5.75 Å². The number of anilines is 1. The molecule has 0 fully saturated rings.